The Morgan fingerprint density at radius 2 is 1.89 bits per heavy atom. The maximum Gasteiger partial charge on any atom is 0.300 e. The number of nitrogen functional groups attached to an aromatic ring is 1. The van der Waals surface area contributed by atoms with Crippen LogP contribution in [-0.4, -0.2) is 4.98 Å². The summed E-state index contributed by atoms with van der Waals surface area (Å²) in [7, 11) is 0. The van der Waals surface area contributed by atoms with Crippen molar-refractivity contribution in [2.45, 2.75) is 0 Å². The molecule has 0 spiro atoms. The summed E-state index contributed by atoms with van der Waals surface area (Å²) < 4.78 is 5.55. The zero-order valence-corrected chi connectivity index (χ0v) is 10.1. The molecule has 0 amide bonds. The molecule has 18 heavy (non-hydrogen) atoms. The number of nitrogens with two attached hydrogens (primary N) is 1. The Morgan fingerprint density at radius 3 is 2.67 bits per heavy atom. The number of oxazole rings is 1. The van der Waals surface area contributed by atoms with Crippen molar-refractivity contribution >= 4 is 40.1 Å². The summed E-state index contributed by atoms with van der Waals surface area (Å²) in [5.41, 5.74) is 8.61. The van der Waals surface area contributed by atoms with E-state index in [2.05, 4.69) is 10.3 Å². The van der Waals surface area contributed by atoms with Gasteiger partial charge in [0.2, 0.25) is 0 Å². The zero-order chi connectivity index (χ0) is 12.5. The number of benzene rings is 2. The molecule has 0 aliphatic carbocycles. The molecule has 0 fully saturated rings. The number of anilines is 3. The third kappa shape index (κ3) is 2.10. The summed E-state index contributed by atoms with van der Waals surface area (Å²) in [5, 5.41) is 3.75. The van der Waals surface area contributed by atoms with Crippen LogP contribution in [0.1, 0.15) is 0 Å². The van der Waals surface area contributed by atoms with E-state index in [1.54, 1.807) is 24.3 Å². The second-order valence-corrected chi connectivity index (χ2v) is 4.31. The topological polar surface area (TPSA) is 64.1 Å². The molecule has 2 aromatic carbocycles. The molecule has 0 radical (unpaired) electrons. The smallest absolute Gasteiger partial charge is 0.300 e. The van der Waals surface area contributed by atoms with Gasteiger partial charge in [0.1, 0.15) is 5.52 Å². The molecule has 1 heterocycles. The van der Waals surface area contributed by atoms with Gasteiger partial charge in [-0.25, -0.2) is 0 Å². The van der Waals surface area contributed by atoms with Crippen molar-refractivity contribution < 1.29 is 4.42 Å². The molecule has 0 saturated heterocycles. The van der Waals surface area contributed by atoms with E-state index in [9.17, 15) is 0 Å². The van der Waals surface area contributed by atoms with Gasteiger partial charge in [0.25, 0.3) is 6.01 Å². The van der Waals surface area contributed by atoms with E-state index in [1.807, 2.05) is 18.2 Å². The van der Waals surface area contributed by atoms with Crippen molar-refractivity contribution in [2.75, 3.05) is 11.1 Å². The van der Waals surface area contributed by atoms with Crippen molar-refractivity contribution in [3.63, 3.8) is 0 Å². The maximum atomic E-state index is 5.82. The quantitative estimate of drug-likeness (QED) is 0.687. The average Bonchev–Trinajstić information content (AvgIpc) is 2.73. The Bertz CT molecular complexity index is 691. The van der Waals surface area contributed by atoms with Gasteiger partial charge in [-0.1, -0.05) is 11.6 Å². The highest BCUT2D eigenvalue weighted by Gasteiger charge is 2.05. The third-order valence-corrected chi connectivity index (χ3v) is 2.76. The lowest BCUT2D eigenvalue weighted by Crippen LogP contribution is -1.88. The fourth-order valence-electron chi connectivity index (χ4n) is 1.65. The van der Waals surface area contributed by atoms with Crippen molar-refractivity contribution in [3.8, 4) is 0 Å². The average molecular weight is 260 g/mol. The molecule has 3 rings (SSSR count). The molecule has 4 nitrogen and oxygen atoms in total. The van der Waals surface area contributed by atoms with Crippen LogP contribution in [0.25, 0.3) is 11.1 Å². The fraction of sp³-hybridized carbons (Fsp3) is 0. The Labute approximate surface area is 108 Å². The van der Waals surface area contributed by atoms with Crippen LogP contribution in [0.2, 0.25) is 5.02 Å². The second kappa shape index (κ2) is 4.23. The van der Waals surface area contributed by atoms with Gasteiger partial charge in [-0.3, -0.25) is 0 Å². The first-order valence-electron chi connectivity index (χ1n) is 5.39. The molecule has 0 aliphatic rings. The van der Waals surface area contributed by atoms with Crippen LogP contribution in [-0.2, 0) is 0 Å². The summed E-state index contributed by atoms with van der Waals surface area (Å²) in [6, 6.07) is 13.1. The summed E-state index contributed by atoms with van der Waals surface area (Å²) >= 11 is 5.82. The van der Waals surface area contributed by atoms with Crippen LogP contribution in [0.4, 0.5) is 17.4 Å². The lowest BCUT2D eigenvalue weighted by atomic mass is 10.3. The van der Waals surface area contributed by atoms with Crippen LogP contribution in [0.3, 0.4) is 0 Å². The van der Waals surface area contributed by atoms with E-state index in [0.29, 0.717) is 22.3 Å². The first-order valence-corrected chi connectivity index (χ1v) is 5.77. The molecule has 90 valence electrons. The molecule has 1 aromatic heterocycles. The summed E-state index contributed by atoms with van der Waals surface area (Å²) in [6.07, 6.45) is 0. The van der Waals surface area contributed by atoms with Crippen molar-refractivity contribution in [1.29, 1.82) is 0 Å². The van der Waals surface area contributed by atoms with Gasteiger partial charge in [-0.2, -0.15) is 4.98 Å². The van der Waals surface area contributed by atoms with Crippen LogP contribution < -0.4 is 11.1 Å². The van der Waals surface area contributed by atoms with E-state index in [-0.39, 0.29) is 0 Å². The third-order valence-electron chi connectivity index (χ3n) is 2.51. The predicted molar refractivity (Wildman–Crippen MR) is 73.2 cm³/mol. The van der Waals surface area contributed by atoms with Crippen LogP contribution in [0.15, 0.2) is 46.9 Å². The Hall–Kier alpha value is -2.20. The van der Waals surface area contributed by atoms with Gasteiger partial charge in [-0.15, -0.1) is 0 Å². The monoisotopic (exact) mass is 259 g/mol. The highest BCUT2D eigenvalue weighted by molar-refractivity contribution is 6.30. The molecular weight excluding hydrogens is 250 g/mol. The van der Waals surface area contributed by atoms with Gasteiger partial charge < -0.3 is 15.5 Å². The van der Waals surface area contributed by atoms with Crippen LogP contribution in [0, 0.1) is 0 Å². The van der Waals surface area contributed by atoms with Crippen LogP contribution in [0.5, 0.6) is 0 Å². The predicted octanol–water partition coefficient (Wildman–Crippen LogP) is 3.81. The molecule has 3 N–H and O–H groups in total. The van der Waals surface area contributed by atoms with Gasteiger partial charge in [0.05, 0.1) is 0 Å². The minimum absolute atomic E-state index is 0.429. The molecule has 0 bridgehead atoms. The molecular formula is C13H10ClN3O. The lowest BCUT2D eigenvalue weighted by Gasteiger charge is -2.00. The Balaban J connectivity index is 1.92. The molecule has 3 aromatic rings. The molecule has 5 heteroatoms. The number of halogens is 1. The van der Waals surface area contributed by atoms with E-state index < -0.39 is 0 Å². The highest BCUT2D eigenvalue weighted by Crippen LogP contribution is 2.24. The minimum atomic E-state index is 0.429. The fourth-order valence-corrected chi connectivity index (χ4v) is 1.78. The number of hydrogen-bond acceptors (Lipinski definition) is 4. The molecule has 0 atom stereocenters. The summed E-state index contributed by atoms with van der Waals surface area (Å²) in [4.78, 5) is 4.31. The zero-order valence-electron chi connectivity index (χ0n) is 9.35. The lowest BCUT2D eigenvalue weighted by molar-refractivity contribution is 0.623. The Kier molecular flexibility index (Phi) is 2.57. The standard InChI is InChI=1S/C13H10ClN3O/c14-8-1-4-10(5-2-8)16-13-17-11-6-3-9(15)7-12(11)18-13/h1-7H,15H2,(H,16,17). The summed E-state index contributed by atoms with van der Waals surface area (Å²) in [5.74, 6) is 0. The second-order valence-electron chi connectivity index (χ2n) is 3.88. The van der Waals surface area contributed by atoms with Crippen molar-refractivity contribution in [3.05, 3.63) is 47.5 Å². The van der Waals surface area contributed by atoms with E-state index >= 15 is 0 Å². The van der Waals surface area contributed by atoms with E-state index in [4.69, 9.17) is 21.8 Å². The van der Waals surface area contributed by atoms with Crippen molar-refractivity contribution in [1.82, 2.24) is 4.98 Å². The van der Waals surface area contributed by atoms with E-state index in [1.165, 1.54) is 0 Å². The number of hydrogen-bond donors (Lipinski definition) is 2. The number of nitrogens with zero attached hydrogens (tertiary/aromatic N) is 1. The summed E-state index contributed by atoms with van der Waals surface area (Å²) in [6.45, 7) is 0. The van der Waals surface area contributed by atoms with Gasteiger partial charge >= 0.3 is 0 Å². The molecule has 0 unspecified atom stereocenters. The van der Waals surface area contributed by atoms with Crippen LogP contribution >= 0.6 is 11.6 Å². The van der Waals surface area contributed by atoms with Gasteiger partial charge in [0.15, 0.2) is 5.58 Å². The first kappa shape index (κ1) is 10.9. The molecule has 0 aliphatic heterocycles. The largest absolute Gasteiger partial charge is 0.423 e. The SMILES string of the molecule is Nc1ccc2nc(Nc3ccc(Cl)cc3)oc2c1. The number of nitrogens with one attached hydrogen (secondary N) is 1. The van der Waals surface area contributed by atoms with E-state index in [0.717, 1.165) is 11.2 Å². The number of rotatable bonds is 2. The minimum Gasteiger partial charge on any atom is -0.423 e. The normalized spacial score (nSPS) is 10.7. The first-order chi connectivity index (χ1) is 8.70. The van der Waals surface area contributed by atoms with Gasteiger partial charge in [-0.05, 0) is 36.4 Å². The van der Waals surface area contributed by atoms with Gasteiger partial charge in [0, 0.05) is 22.5 Å². The van der Waals surface area contributed by atoms with Crippen molar-refractivity contribution in [2.24, 2.45) is 0 Å². The Morgan fingerprint density at radius 1 is 1.11 bits per heavy atom. The molecule has 0 saturated carbocycles. The number of aromatic nitrogens is 1. The number of fused-ring (bicyclic) bond motifs is 1. The highest BCUT2D eigenvalue weighted by atomic mass is 35.5. The maximum absolute atomic E-state index is 5.82.